The molecule has 140 valence electrons. The number of nitrogens with one attached hydrogen (secondary N) is 1. The van der Waals surface area contributed by atoms with Crippen LogP contribution in [0.25, 0.3) is 0 Å². The number of carboxylic acid groups (broad SMARTS) is 1. The Morgan fingerprint density at radius 2 is 1.48 bits per heavy atom. The molecule has 2 N–H and O–H groups in total. The molecule has 0 aromatic heterocycles. The highest BCUT2D eigenvalue weighted by atomic mass is 16.4. The number of hydrogen-bond acceptors (Lipinski definition) is 3. The van der Waals surface area contributed by atoms with Crippen LogP contribution in [0.3, 0.4) is 0 Å². The molecule has 6 nitrogen and oxygen atoms in total. The van der Waals surface area contributed by atoms with Gasteiger partial charge in [-0.3, -0.25) is 9.59 Å². The number of carbonyl (C=O) groups is 3. The summed E-state index contributed by atoms with van der Waals surface area (Å²) in [5, 5.41) is 12.1. The number of carboxylic acids is 1. The van der Waals surface area contributed by atoms with Crippen LogP contribution in [0.4, 0.5) is 0 Å². The highest BCUT2D eigenvalue weighted by Gasteiger charge is 2.30. The number of likely N-dealkylation sites (tertiary alicyclic amines) is 1. The van der Waals surface area contributed by atoms with E-state index in [9.17, 15) is 19.5 Å². The molecule has 2 aromatic carbocycles. The maximum absolute atomic E-state index is 12.6. The highest BCUT2D eigenvalue weighted by molar-refractivity contribution is 5.94. The maximum Gasteiger partial charge on any atom is 0.330 e. The van der Waals surface area contributed by atoms with Gasteiger partial charge in [-0.05, 0) is 30.5 Å². The van der Waals surface area contributed by atoms with Crippen LogP contribution in [-0.2, 0) is 9.59 Å². The van der Waals surface area contributed by atoms with Crippen molar-refractivity contribution in [3.8, 4) is 0 Å². The molecule has 1 heterocycles. The highest BCUT2D eigenvalue weighted by Crippen LogP contribution is 2.21. The summed E-state index contributed by atoms with van der Waals surface area (Å²) >= 11 is 0. The van der Waals surface area contributed by atoms with Crippen LogP contribution in [0.2, 0.25) is 0 Å². The molecule has 1 atom stereocenters. The molecule has 0 saturated carbocycles. The number of rotatable bonds is 5. The Balaban J connectivity index is 1.58. The van der Waals surface area contributed by atoms with Crippen LogP contribution in [0.1, 0.15) is 34.8 Å². The predicted octanol–water partition coefficient (Wildman–Crippen LogP) is 2.48. The first-order valence-corrected chi connectivity index (χ1v) is 8.98. The number of nitrogens with zero attached hydrogens (tertiary/aromatic N) is 1. The second-order valence-electron chi connectivity index (χ2n) is 6.62. The Hall–Kier alpha value is -3.15. The number of aliphatic carboxylic acids is 1. The topological polar surface area (TPSA) is 86.7 Å². The van der Waals surface area contributed by atoms with E-state index in [-0.39, 0.29) is 17.7 Å². The van der Waals surface area contributed by atoms with Crippen molar-refractivity contribution in [1.82, 2.24) is 10.2 Å². The van der Waals surface area contributed by atoms with Crippen LogP contribution in [0.15, 0.2) is 60.7 Å². The van der Waals surface area contributed by atoms with Gasteiger partial charge in [-0.25, -0.2) is 4.79 Å². The van der Waals surface area contributed by atoms with Crippen LogP contribution in [0, 0.1) is 5.92 Å². The Bertz CT molecular complexity index is 799. The molecule has 0 radical (unpaired) electrons. The van der Waals surface area contributed by atoms with E-state index in [1.54, 1.807) is 47.4 Å². The lowest BCUT2D eigenvalue weighted by Crippen LogP contribution is -2.44. The summed E-state index contributed by atoms with van der Waals surface area (Å²) < 4.78 is 0. The zero-order valence-electron chi connectivity index (χ0n) is 14.9. The summed E-state index contributed by atoms with van der Waals surface area (Å²) in [5.74, 6) is -1.71. The average molecular weight is 366 g/mol. The molecule has 0 spiro atoms. The lowest BCUT2D eigenvalue weighted by molar-refractivity contribution is -0.143. The standard InChI is InChI=1S/C21H22N2O4/c24-19(22-18(21(26)27)15-7-3-1-4-8-15)16-11-13-23(14-12-16)20(25)17-9-5-2-6-10-17/h1-10,16,18H,11-14H2,(H,22,24)(H,26,27)/t18-/m0/s1. The van der Waals surface area contributed by atoms with Crippen LogP contribution in [0.5, 0.6) is 0 Å². The third-order valence-electron chi connectivity index (χ3n) is 4.84. The van der Waals surface area contributed by atoms with E-state index < -0.39 is 12.0 Å². The van der Waals surface area contributed by atoms with Gasteiger partial charge in [-0.15, -0.1) is 0 Å². The Morgan fingerprint density at radius 1 is 0.926 bits per heavy atom. The SMILES string of the molecule is O=C(N[C@H](C(=O)O)c1ccccc1)C1CCN(C(=O)c2ccccc2)CC1. The predicted molar refractivity (Wildman–Crippen MR) is 100 cm³/mol. The molecule has 0 bridgehead atoms. The van der Waals surface area contributed by atoms with E-state index >= 15 is 0 Å². The number of carbonyl (C=O) groups excluding carboxylic acids is 2. The van der Waals surface area contributed by atoms with Gasteiger partial charge in [0.05, 0.1) is 0 Å². The fourth-order valence-corrected chi connectivity index (χ4v) is 3.30. The van der Waals surface area contributed by atoms with E-state index in [1.807, 2.05) is 18.2 Å². The van der Waals surface area contributed by atoms with Gasteiger partial charge in [-0.1, -0.05) is 48.5 Å². The minimum absolute atomic E-state index is 0.0397. The minimum Gasteiger partial charge on any atom is -0.479 e. The van der Waals surface area contributed by atoms with Crippen LogP contribution in [-0.4, -0.2) is 40.9 Å². The average Bonchev–Trinajstić information content (AvgIpc) is 2.72. The van der Waals surface area contributed by atoms with Crippen molar-refractivity contribution in [2.24, 2.45) is 5.92 Å². The van der Waals surface area contributed by atoms with Crippen molar-refractivity contribution in [3.63, 3.8) is 0 Å². The number of benzene rings is 2. The van der Waals surface area contributed by atoms with Gasteiger partial charge < -0.3 is 15.3 Å². The van der Waals surface area contributed by atoms with E-state index in [1.165, 1.54) is 0 Å². The van der Waals surface area contributed by atoms with Crippen molar-refractivity contribution in [3.05, 3.63) is 71.8 Å². The summed E-state index contributed by atoms with van der Waals surface area (Å²) in [6.45, 7) is 0.962. The third kappa shape index (κ3) is 4.53. The monoisotopic (exact) mass is 366 g/mol. The molecular weight excluding hydrogens is 344 g/mol. The molecule has 6 heteroatoms. The lowest BCUT2D eigenvalue weighted by atomic mass is 9.94. The first-order chi connectivity index (χ1) is 13.1. The molecular formula is C21H22N2O4. The van der Waals surface area contributed by atoms with Gasteiger partial charge in [0.1, 0.15) is 0 Å². The first-order valence-electron chi connectivity index (χ1n) is 8.98. The molecule has 0 unspecified atom stereocenters. The molecule has 1 fully saturated rings. The zero-order chi connectivity index (χ0) is 19.2. The maximum atomic E-state index is 12.6. The van der Waals surface area contributed by atoms with Crippen LogP contribution < -0.4 is 5.32 Å². The number of hydrogen-bond donors (Lipinski definition) is 2. The van der Waals surface area contributed by atoms with Crippen molar-refractivity contribution in [1.29, 1.82) is 0 Å². The van der Waals surface area contributed by atoms with Crippen molar-refractivity contribution >= 4 is 17.8 Å². The summed E-state index contributed by atoms with van der Waals surface area (Å²) in [7, 11) is 0. The van der Waals surface area contributed by atoms with Gasteiger partial charge in [0, 0.05) is 24.6 Å². The fourth-order valence-electron chi connectivity index (χ4n) is 3.30. The van der Waals surface area contributed by atoms with Crippen molar-refractivity contribution in [2.75, 3.05) is 13.1 Å². The molecule has 0 aliphatic carbocycles. The zero-order valence-corrected chi connectivity index (χ0v) is 14.9. The summed E-state index contributed by atoms with van der Waals surface area (Å²) in [5.41, 5.74) is 1.17. The van der Waals surface area contributed by atoms with E-state index in [0.29, 0.717) is 37.1 Å². The Morgan fingerprint density at radius 3 is 2.04 bits per heavy atom. The smallest absolute Gasteiger partial charge is 0.330 e. The summed E-state index contributed by atoms with van der Waals surface area (Å²) in [6, 6.07) is 16.6. The van der Waals surface area contributed by atoms with Gasteiger partial charge >= 0.3 is 5.97 Å². The molecule has 1 aliphatic heterocycles. The fraction of sp³-hybridized carbons (Fsp3) is 0.286. The molecule has 2 amide bonds. The van der Waals surface area contributed by atoms with Crippen molar-refractivity contribution < 1.29 is 19.5 Å². The van der Waals surface area contributed by atoms with Crippen LogP contribution >= 0.6 is 0 Å². The van der Waals surface area contributed by atoms with Gasteiger partial charge in [0.25, 0.3) is 5.91 Å². The lowest BCUT2D eigenvalue weighted by Gasteiger charge is -2.32. The van der Waals surface area contributed by atoms with Crippen molar-refractivity contribution in [2.45, 2.75) is 18.9 Å². The van der Waals surface area contributed by atoms with E-state index in [0.717, 1.165) is 0 Å². The molecule has 27 heavy (non-hydrogen) atoms. The number of piperidine rings is 1. The third-order valence-corrected chi connectivity index (χ3v) is 4.84. The summed E-state index contributed by atoms with van der Waals surface area (Å²) in [4.78, 5) is 38.3. The minimum atomic E-state index is -1.09. The largest absolute Gasteiger partial charge is 0.479 e. The Labute approximate surface area is 157 Å². The first kappa shape index (κ1) is 18.6. The molecule has 2 aromatic rings. The second kappa shape index (κ2) is 8.49. The van der Waals surface area contributed by atoms with Gasteiger partial charge in [0.15, 0.2) is 6.04 Å². The Kier molecular flexibility index (Phi) is 5.86. The molecule has 1 aliphatic rings. The summed E-state index contributed by atoms with van der Waals surface area (Å²) in [6.07, 6.45) is 1.04. The van der Waals surface area contributed by atoms with E-state index in [2.05, 4.69) is 5.32 Å². The molecule has 1 saturated heterocycles. The quantitative estimate of drug-likeness (QED) is 0.851. The number of amides is 2. The van der Waals surface area contributed by atoms with Gasteiger partial charge in [-0.2, -0.15) is 0 Å². The molecule has 3 rings (SSSR count). The van der Waals surface area contributed by atoms with Gasteiger partial charge in [0.2, 0.25) is 5.91 Å². The van der Waals surface area contributed by atoms with E-state index in [4.69, 9.17) is 0 Å². The normalized spacial score (nSPS) is 15.8. The second-order valence-corrected chi connectivity index (χ2v) is 6.62.